The molecule has 0 aromatic heterocycles. The van der Waals surface area contributed by atoms with Crippen molar-refractivity contribution in [3.05, 3.63) is 35.9 Å². The van der Waals surface area contributed by atoms with Gasteiger partial charge in [0.05, 0.1) is 13.0 Å². The Labute approximate surface area is 192 Å². The summed E-state index contributed by atoms with van der Waals surface area (Å²) in [5.41, 5.74) is 3.04. The fourth-order valence-electron chi connectivity index (χ4n) is 6.91. The molecule has 0 N–H and O–H groups in total. The second-order valence-corrected chi connectivity index (χ2v) is 10.8. The van der Waals surface area contributed by atoms with Gasteiger partial charge in [0.25, 0.3) is 0 Å². The normalized spacial score (nSPS) is 37.4. The predicted octanol–water partition coefficient (Wildman–Crippen LogP) is 4.52. The van der Waals surface area contributed by atoms with Crippen LogP contribution in [0.25, 0.3) is 0 Å². The van der Waals surface area contributed by atoms with Crippen LogP contribution < -0.4 is 9.64 Å². The van der Waals surface area contributed by atoms with Crippen molar-refractivity contribution < 1.29 is 14.3 Å². The van der Waals surface area contributed by atoms with E-state index in [9.17, 15) is 4.79 Å². The van der Waals surface area contributed by atoms with E-state index in [0.29, 0.717) is 12.0 Å². The Bertz CT molecular complexity index is 899. The maximum Gasteiger partial charge on any atom is 0.311 e. The first kappa shape index (κ1) is 21.8. The van der Waals surface area contributed by atoms with Crippen LogP contribution in [0.2, 0.25) is 0 Å². The Kier molecular flexibility index (Phi) is 5.73. The number of hydrogen-bond acceptors (Lipinski definition) is 5. The lowest BCUT2D eigenvalue weighted by Crippen LogP contribution is -2.53. The van der Waals surface area contributed by atoms with E-state index in [1.165, 1.54) is 24.9 Å². The number of methoxy groups -OCH3 is 1. The highest BCUT2D eigenvalue weighted by molar-refractivity contribution is 5.76. The molecule has 5 rings (SSSR count). The number of carbonyl (C=O) groups excluding carboxylic acids is 1. The highest BCUT2D eigenvalue weighted by Gasteiger charge is 2.52. The maximum absolute atomic E-state index is 12.9. The fraction of sp³-hybridized carbons (Fsp3) is 0.667. The van der Waals surface area contributed by atoms with Gasteiger partial charge in [-0.1, -0.05) is 38.0 Å². The summed E-state index contributed by atoms with van der Waals surface area (Å²) in [4.78, 5) is 17.9. The summed E-state index contributed by atoms with van der Waals surface area (Å²) in [6.45, 7) is 10.7. The van der Waals surface area contributed by atoms with Crippen LogP contribution in [-0.2, 0) is 9.53 Å². The zero-order valence-electron chi connectivity index (χ0n) is 20.0. The molecule has 2 aliphatic heterocycles. The van der Waals surface area contributed by atoms with Gasteiger partial charge in [0.1, 0.15) is 11.9 Å². The van der Waals surface area contributed by atoms with Crippen molar-refractivity contribution in [2.45, 2.75) is 58.6 Å². The summed E-state index contributed by atoms with van der Waals surface area (Å²) in [6.07, 6.45) is 7.36. The minimum absolute atomic E-state index is 0.0228. The summed E-state index contributed by atoms with van der Waals surface area (Å²) < 4.78 is 11.4. The van der Waals surface area contributed by atoms with Gasteiger partial charge in [-0.15, -0.1) is 0 Å². The standard InChI is InChI=1S/C27H38N2O3/c1-18-7-6-10-27(3)15-25-22(14-24(18)27)23(26(30)32-25)17-28-11-12-29(19(2)16-28)20-8-5-9-21(13-20)31-4/h5,8-9,13-14,18-19,22-23,25H,6-7,10-12,15-17H2,1-4H3/t18-,19-,22+,23+,25-,27+/m1/s1. The second kappa shape index (κ2) is 8.40. The average molecular weight is 439 g/mol. The minimum atomic E-state index is -0.0262. The minimum Gasteiger partial charge on any atom is -0.497 e. The summed E-state index contributed by atoms with van der Waals surface area (Å²) in [5, 5.41) is 0. The molecule has 5 nitrogen and oxygen atoms in total. The second-order valence-electron chi connectivity index (χ2n) is 10.8. The maximum atomic E-state index is 12.9. The van der Waals surface area contributed by atoms with Gasteiger partial charge < -0.3 is 14.4 Å². The Morgan fingerprint density at radius 1 is 1.25 bits per heavy atom. The summed E-state index contributed by atoms with van der Waals surface area (Å²) in [6, 6.07) is 8.70. The van der Waals surface area contributed by atoms with Gasteiger partial charge in [-0.2, -0.15) is 0 Å². The van der Waals surface area contributed by atoms with Crippen LogP contribution in [0.1, 0.15) is 46.5 Å². The first-order valence-electron chi connectivity index (χ1n) is 12.4. The lowest BCUT2D eigenvalue weighted by atomic mass is 9.59. The molecular weight excluding hydrogens is 400 g/mol. The fourth-order valence-corrected chi connectivity index (χ4v) is 6.91. The monoisotopic (exact) mass is 438 g/mol. The molecule has 3 fully saturated rings. The third-order valence-electron chi connectivity index (χ3n) is 8.63. The van der Waals surface area contributed by atoms with E-state index in [1.807, 2.05) is 6.07 Å². The molecule has 0 unspecified atom stereocenters. The molecule has 0 amide bonds. The number of ether oxygens (including phenoxy) is 2. The zero-order valence-corrected chi connectivity index (χ0v) is 20.0. The van der Waals surface area contributed by atoms with E-state index in [0.717, 1.165) is 38.3 Å². The molecule has 0 radical (unpaired) electrons. The van der Waals surface area contributed by atoms with Gasteiger partial charge in [0.15, 0.2) is 0 Å². The Hall–Kier alpha value is -2.01. The Morgan fingerprint density at radius 2 is 2.09 bits per heavy atom. The van der Waals surface area contributed by atoms with Crippen molar-refractivity contribution in [1.82, 2.24) is 4.90 Å². The third kappa shape index (κ3) is 3.83. The predicted molar refractivity (Wildman–Crippen MR) is 127 cm³/mol. The van der Waals surface area contributed by atoms with Crippen LogP contribution in [0, 0.1) is 23.2 Å². The van der Waals surface area contributed by atoms with Crippen LogP contribution in [-0.4, -0.2) is 56.3 Å². The van der Waals surface area contributed by atoms with E-state index in [4.69, 9.17) is 9.47 Å². The molecule has 1 aromatic rings. The van der Waals surface area contributed by atoms with Crippen molar-refractivity contribution in [3.8, 4) is 5.75 Å². The number of carbonyl (C=O) groups is 1. The number of anilines is 1. The van der Waals surface area contributed by atoms with Crippen molar-refractivity contribution in [3.63, 3.8) is 0 Å². The lowest BCUT2D eigenvalue weighted by molar-refractivity contribution is -0.145. The SMILES string of the molecule is COc1cccc(N2CCN(C[C@@H]3C(=O)O[C@@H]4C[C@]5(C)CCC[C@@H](C)C5=C[C@@H]34)C[C@H]2C)c1. The first-order chi connectivity index (χ1) is 15.4. The van der Waals surface area contributed by atoms with E-state index >= 15 is 0 Å². The van der Waals surface area contributed by atoms with Crippen molar-refractivity contribution >= 4 is 11.7 Å². The number of benzene rings is 1. The molecule has 0 spiro atoms. The molecule has 2 aliphatic carbocycles. The van der Waals surface area contributed by atoms with Crippen molar-refractivity contribution in [2.75, 3.05) is 38.2 Å². The molecule has 2 heterocycles. The molecule has 5 heteroatoms. The van der Waals surface area contributed by atoms with Crippen LogP contribution in [0.15, 0.2) is 35.9 Å². The molecule has 32 heavy (non-hydrogen) atoms. The zero-order chi connectivity index (χ0) is 22.5. The van der Waals surface area contributed by atoms with Gasteiger partial charge in [-0.3, -0.25) is 9.69 Å². The molecule has 1 saturated carbocycles. The number of esters is 1. The van der Waals surface area contributed by atoms with E-state index in [1.54, 1.807) is 12.7 Å². The van der Waals surface area contributed by atoms with Gasteiger partial charge in [0, 0.05) is 49.9 Å². The lowest BCUT2D eigenvalue weighted by Gasteiger charge is -2.46. The number of rotatable bonds is 4. The van der Waals surface area contributed by atoms with E-state index < -0.39 is 0 Å². The molecule has 6 atom stereocenters. The van der Waals surface area contributed by atoms with E-state index in [-0.39, 0.29) is 29.3 Å². The Morgan fingerprint density at radius 3 is 2.88 bits per heavy atom. The number of fused-ring (bicyclic) bond motifs is 2. The highest BCUT2D eigenvalue weighted by atomic mass is 16.6. The topological polar surface area (TPSA) is 42.0 Å². The average Bonchev–Trinajstić information content (AvgIpc) is 3.06. The molecular formula is C27H38N2O3. The van der Waals surface area contributed by atoms with Crippen molar-refractivity contribution in [1.29, 1.82) is 0 Å². The van der Waals surface area contributed by atoms with Gasteiger partial charge in [0.2, 0.25) is 0 Å². The van der Waals surface area contributed by atoms with Crippen LogP contribution in [0.3, 0.4) is 0 Å². The van der Waals surface area contributed by atoms with Crippen LogP contribution >= 0.6 is 0 Å². The molecule has 1 aromatic carbocycles. The van der Waals surface area contributed by atoms with Gasteiger partial charge in [-0.25, -0.2) is 0 Å². The Balaban J connectivity index is 1.28. The summed E-state index contributed by atoms with van der Waals surface area (Å²) in [5.74, 6) is 1.78. The smallest absolute Gasteiger partial charge is 0.311 e. The largest absolute Gasteiger partial charge is 0.497 e. The molecule has 174 valence electrons. The van der Waals surface area contributed by atoms with Crippen LogP contribution in [0.5, 0.6) is 5.75 Å². The number of hydrogen-bond donors (Lipinski definition) is 0. The summed E-state index contributed by atoms with van der Waals surface area (Å²) >= 11 is 0. The molecule has 0 bridgehead atoms. The molecule has 2 saturated heterocycles. The molecule has 4 aliphatic rings. The number of allylic oxidation sites excluding steroid dienone is 1. The van der Waals surface area contributed by atoms with Crippen molar-refractivity contribution in [2.24, 2.45) is 23.2 Å². The first-order valence-corrected chi connectivity index (χ1v) is 12.4. The van der Waals surface area contributed by atoms with E-state index in [2.05, 4.69) is 54.8 Å². The number of piperazine rings is 1. The van der Waals surface area contributed by atoms with Crippen LogP contribution in [0.4, 0.5) is 5.69 Å². The third-order valence-corrected chi connectivity index (χ3v) is 8.63. The van der Waals surface area contributed by atoms with Gasteiger partial charge >= 0.3 is 5.97 Å². The number of nitrogens with zero attached hydrogens (tertiary/aromatic N) is 2. The summed E-state index contributed by atoms with van der Waals surface area (Å²) in [7, 11) is 1.71. The highest BCUT2D eigenvalue weighted by Crippen LogP contribution is 2.54. The quantitative estimate of drug-likeness (QED) is 0.511. The van der Waals surface area contributed by atoms with Gasteiger partial charge in [-0.05, 0) is 49.7 Å².